The molecule has 0 bridgehead atoms. The molecular weight excluding hydrogens is 296 g/mol. The van der Waals surface area contributed by atoms with Gasteiger partial charge in [0.1, 0.15) is 5.75 Å². The summed E-state index contributed by atoms with van der Waals surface area (Å²) in [5.74, 6) is 0.503. The number of rotatable bonds is 4. The predicted molar refractivity (Wildman–Crippen MR) is 89.5 cm³/mol. The Morgan fingerprint density at radius 1 is 1.23 bits per heavy atom. The molecule has 3 rings (SSSR count). The number of hydrogen-bond acceptors (Lipinski definition) is 4. The van der Waals surface area contributed by atoms with E-state index in [2.05, 4.69) is 10.3 Å². The molecule has 0 radical (unpaired) electrons. The van der Waals surface area contributed by atoms with Gasteiger partial charge in [-0.1, -0.05) is 18.2 Å². The molecule has 112 valence electrons. The van der Waals surface area contributed by atoms with Crippen LogP contribution in [0.2, 0.25) is 0 Å². The summed E-state index contributed by atoms with van der Waals surface area (Å²) < 4.78 is 6.68. The van der Waals surface area contributed by atoms with E-state index in [1.165, 1.54) is 0 Å². The average molecular weight is 312 g/mol. The van der Waals surface area contributed by atoms with Crippen molar-refractivity contribution < 1.29 is 9.53 Å². The van der Waals surface area contributed by atoms with Crippen LogP contribution in [0.4, 0.5) is 5.69 Å². The highest BCUT2D eigenvalue weighted by molar-refractivity contribution is 7.18. The second kappa shape index (κ2) is 6.15. The van der Waals surface area contributed by atoms with Crippen LogP contribution in [0.1, 0.15) is 11.9 Å². The lowest BCUT2D eigenvalue weighted by molar-refractivity contribution is -0.122. The summed E-state index contributed by atoms with van der Waals surface area (Å²) in [6, 6.07) is 15.0. The second-order valence-corrected chi connectivity index (χ2v) is 6.21. The van der Waals surface area contributed by atoms with Gasteiger partial charge in [-0.05, 0) is 44.2 Å². The molecule has 3 aromatic rings. The van der Waals surface area contributed by atoms with E-state index in [4.69, 9.17) is 4.74 Å². The summed E-state index contributed by atoms with van der Waals surface area (Å²) >= 11 is 1.61. The van der Waals surface area contributed by atoms with Gasteiger partial charge in [0.05, 0.1) is 15.2 Å². The van der Waals surface area contributed by atoms with Gasteiger partial charge >= 0.3 is 0 Å². The summed E-state index contributed by atoms with van der Waals surface area (Å²) in [7, 11) is 0. The van der Waals surface area contributed by atoms with Crippen LogP contribution in [0.25, 0.3) is 10.2 Å². The van der Waals surface area contributed by atoms with Gasteiger partial charge in [0.2, 0.25) is 0 Å². The van der Waals surface area contributed by atoms with Gasteiger partial charge in [0.15, 0.2) is 6.10 Å². The van der Waals surface area contributed by atoms with Gasteiger partial charge in [-0.25, -0.2) is 4.98 Å². The van der Waals surface area contributed by atoms with Gasteiger partial charge in [-0.2, -0.15) is 0 Å². The molecular formula is C17H16N2O2S. The molecule has 1 aromatic heterocycles. The van der Waals surface area contributed by atoms with E-state index < -0.39 is 6.10 Å². The third-order valence-electron chi connectivity index (χ3n) is 3.19. The van der Waals surface area contributed by atoms with Crippen molar-refractivity contribution in [2.24, 2.45) is 0 Å². The molecule has 22 heavy (non-hydrogen) atoms. The molecule has 0 unspecified atom stereocenters. The number of hydrogen-bond donors (Lipinski definition) is 1. The number of benzene rings is 2. The molecule has 0 saturated carbocycles. The number of carbonyl (C=O) groups excluding carboxylic acids is 1. The molecule has 2 aromatic carbocycles. The molecule has 1 atom stereocenters. The lowest BCUT2D eigenvalue weighted by Crippen LogP contribution is -2.30. The first-order valence-corrected chi connectivity index (χ1v) is 7.83. The monoisotopic (exact) mass is 312 g/mol. The van der Waals surface area contributed by atoms with Crippen molar-refractivity contribution in [2.45, 2.75) is 20.0 Å². The molecule has 0 aliphatic rings. The second-order valence-electron chi connectivity index (χ2n) is 4.98. The number of fused-ring (bicyclic) bond motifs is 1. The summed E-state index contributed by atoms with van der Waals surface area (Å²) in [6.45, 7) is 3.70. The maximum Gasteiger partial charge on any atom is 0.265 e. The van der Waals surface area contributed by atoms with Crippen LogP contribution in [0.5, 0.6) is 5.75 Å². The summed E-state index contributed by atoms with van der Waals surface area (Å²) in [5.41, 5.74) is 1.71. The van der Waals surface area contributed by atoms with E-state index in [9.17, 15) is 4.79 Å². The maximum absolute atomic E-state index is 12.2. The highest BCUT2D eigenvalue weighted by Gasteiger charge is 2.15. The average Bonchev–Trinajstić information content (AvgIpc) is 2.87. The van der Waals surface area contributed by atoms with Crippen molar-refractivity contribution in [3.05, 3.63) is 53.5 Å². The van der Waals surface area contributed by atoms with Gasteiger partial charge < -0.3 is 10.1 Å². The van der Waals surface area contributed by atoms with Crippen LogP contribution in [-0.2, 0) is 4.79 Å². The molecule has 1 amide bonds. The first-order chi connectivity index (χ1) is 10.6. The fraction of sp³-hybridized carbons (Fsp3) is 0.176. The molecule has 1 heterocycles. The first-order valence-electron chi connectivity index (χ1n) is 7.01. The standard InChI is InChI=1S/C17H16N2O2S/c1-11(21-14-6-4-3-5-7-14)17(20)19-13-8-9-15-16(10-13)22-12(2)18-15/h3-11H,1-2H3,(H,19,20)/t11-/m1/s1. The predicted octanol–water partition coefficient (Wildman–Crippen LogP) is 4.01. The molecule has 0 aliphatic carbocycles. The zero-order valence-corrected chi connectivity index (χ0v) is 13.2. The van der Waals surface area contributed by atoms with Gasteiger partial charge in [0.25, 0.3) is 5.91 Å². The van der Waals surface area contributed by atoms with E-state index in [0.29, 0.717) is 5.75 Å². The van der Waals surface area contributed by atoms with E-state index in [1.54, 1.807) is 18.3 Å². The Morgan fingerprint density at radius 3 is 2.77 bits per heavy atom. The van der Waals surface area contributed by atoms with Crippen LogP contribution < -0.4 is 10.1 Å². The first kappa shape index (κ1) is 14.5. The summed E-state index contributed by atoms with van der Waals surface area (Å²) in [6.07, 6.45) is -0.568. The largest absolute Gasteiger partial charge is 0.481 e. The molecule has 1 N–H and O–H groups in total. The number of nitrogens with zero attached hydrogens (tertiary/aromatic N) is 1. The van der Waals surface area contributed by atoms with Gasteiger partial charge in [-0.3, -0.25) is 4.79 Å². The Balaban J connectivity index is 1.69. The van der Waals surface area contributed by atoms with Crippen molar-refractivity contribution in [3.63, 3.8) is 0 Å². The number of amides is 1. The van der Waals surface area contributed by atoms with Crippen LogP contribution in [0.3, 0.4) is 0 Å². The minimum absolute atomic E-state index is 0.176. The van der Waals surface area contributed by atoms with Crippen LogP contribution >= 0.6 is 11.3 Å². The van der Waals surface area contributed by atoms with E-state index in [0.717, 1.165) is 20.9 Å². The third-order valence-corrected chi connectivity index (χ3v) is 4.12. The Bertz CT molecular complexity index is 799. The maximum atomic E-state index is 12.2. The number of nitrogens with one attached hydrogen (secondary N) is 1. The molecule has 0 fully saturated rings. The quantitative estimate of drug-likeness (QED) is 0.792. The Morgan fingerprint density at radius 2 is 2.00 bits per heavy atom. The third kappa shape index (κ3) is 3.26. The lowest BCUT2D eigenvalue weighted by atomic mass is 10.2. The van der Waals surface area contributed by atoms with Crippen molar-refractivity contribution in [2.75, 3.05) is 5.32 Å². The fourth-order valence-corrected chi connectivity index (χ4v) is 2.98. The van der Waals surface area contributed by atoms with E-state index in [1.807, 2.05) is 55.5 Å². The van der Waals surface area contributed by atoms with Crippen LogP contribution in [-0.4, -0.2) is 17.0 Å². The number of ether oxygens (including phenoxy) is 1. The number of aryl methyl sites for hydroxylation is 1. The highest BCUT2D eigenvalue weighted by Crippen LogP contribution is 2.25. The Labute approximate surface area is 132 Å². The lowest BCUT2D eigenvalue weighted by Gasteiger charge is -2.14. The van der Waals surface area contributed by atoms with Crippen molar-refractivity contribution in [1.29, 1.82) is 0 Å². The van der Waals surface area contributed by atoms with Crippen LogP contribution in [0, 0.1) is 6.92 Å². The van der Waals surface area contributed by atoms with E-state index >= 15 is 0 Å². The molecule has 0 saturated heterocycles. The molecule has 0 spiro atoms. The zero-order valence-electron chi connectivity index (χ0n) is 12.4. The number of carbonyl (C=O) groups is 1. The zero-order chi connectivity index (χ0) is 15.5. The normalized spacial score (nSPS) is 12.1. The van der Waals surface area contributed by atoms with E-state index in [-0.39, 0.29) is 5.91 Å². The van der Waals surface area contributed by atoms with Crippen molar-refractivity contribution in [1.82, 2.24) is 4.98 Å². The minimum atomic E-state index is -0.568. The number of thiazole rings is 1. The topological polar surface area (TPSA) is 51.2 Å². The SMILES string of the molecule is Cc1nc2ccc(NC(=O)[C@@H](C)Oc3ccccc3)cc2s1. The van der Waals surface area contributed by atoms with Crippen LogP contribution in [0.15, 0.2) is 48.5 Å². The fourth-order valence-electron chi connectivity index (χ4n) is 2.12. The Hall–Kier alpha value is -2.40. The van der Waals surface area contributed by atoms with Crippen molar-refractivity contribution >= 4 is 33.1 Å². The van der Waals surface area contributed by atoms with Gasteiger partial charge in [0, 0.05) is 5.69 Å². The number of para-hydroxylation sites is 1. The molecule has 5 heteroatoms. The minimum Gasteiger partial charge on any atom is -0.481 e. The molecule has 0 aliphatic heterocycles. The summed E-state index contributed by atoms with van der Waals surface area (Å²) in [5, 5.41) is 3.89. The van der Waals surface area contributed by atoms with Crippen molar-refractivity contribution in [3.8, 4) is 5.75 Å². The summed E-state index contributed by atoms with van der Waals surface area (Å²) in [4.78, 5) is 16.6. The molecule has 4 nitrogen and oxygen atoms in total. The highest BCUT2D eigenvalue weighted by atomic mass is 32.1. The number of anilines is 1. The smallest absolute Gasteiger partial charge is 0.265 e. The Kier molecular flexibility index (Phi) is 4.06. The van der Waals surface area contributed by atoms with Gasteiger partial charge in [-0.15, -0.1) is 11.3 Å². The number of aromatic nitrogens is 1.